The molecule has 4 aliphatic rings. The van der Waals surface area contributed by atoms with Gasteiger partial charge in [-0.1, -0.05) is 62.4 Å². The molecule has 3 amide bonds. The van der Waals surface area contributed by atoms with E-state index in [4.69, 9.17) is 0 Å². The summed E-state index contributed by atoms with van der Waals surface area (Å²) >= 11 is 3.44. The molecular weight excluding hydrogens is 553 g/mol. The molecular formula is C32H48N4O3S2. The first-order valence-electron chi connectivity index (χ1n) is 15.9. The van der Waals surface area contributed by atoms with Gasteiger partial charge in [-0.05, 0) is 55.8 Å². The monoisotopic (exact) mass is 600 g/mol. The molecule has 2 saturated carbocycles. The van der Waals surface area contributed by atoms with Crippen LogP contribution in [-0.4, -0.2) is 81.9 Å². The molecule has 4 fully saturated rings. The molecule has 2 aliphatic heterocycles. The van der Waals surface area contributed by atoms with Crippen LogP contribution in [0.1, 0.15) is 76.2 Å². The van der Waals surface area contributed by atoms with Crippen molar-refractivity contribution in [2.45, 2.75) is 95.3 Å². The van der Waals surface area contributed by atoms with Crippen molar-refractivity contribution in [2.75, 3.05) is 36.2 Å². The summed E-state index contributed by atoms with van der Waals surface area (Å²) in [4.78, 5) is 44.6. The molecule has 1 aromatic rings. The van der Waals surface area contributed by atoms with Gasteiger partial charge >= 0.3 is 0 Å². The van der Waals surface area contributed by atoms with E-state index in [-0.39, 0.29) is 29.7 Å². The van der Waals surface area contributed by atoms with Gasteiger partial charge in [-0.3, -0.25) is 19.3 Å². The van der Waals surface area contributed by atoms with Crippen LogP contribution in [0.5, 0.6) is 0 Å². The molecule has 2 atom stereocenters. The zero-order valence-corrected chi connectivity index (χ0v) is 26.1. The van der Waals surface area contributed by atoms with Crippen molar-refractivity contribution in [2.24, 2.45) is 11.8 Å². The maximum atomic E-state index is 13.6. The van der Waals surface area contributed by atoms with Crippen molar-refractivity contribution in [1.29, 1.82) is 0 Å². The van der Waals surface area contributed by atoms with E-state index in [1.807, 2.05) is 6.07 Å². The molecule has 1 unspecified atom stereocenters. The molecule has 7 nitrogen and oxygen atoms in total. The number of carbonyl (C=O) groups excluding carboxylic acids is 3. The van der Waals surface area contributed by atoms with E-state index in [1.165, 1.54) is 37.7 Å². The highest BCUT2D eigenvalue weighted by atomic mass is 32.2. The minimum Gasteiger partial charge on any atom is -0.351 e. The van der Waals surface area contributed by atoms with E-state index < -0.39 is 12.1 Å². The first-order valence-corrected chi connectivity index (χ1v) is 18.2. The van der Waals surface area contributed by atoms with Crippen LogP contribution in [0, 0.1) is 11.8 Å². The molecule has 9 heteroatoms. The van der Waals surface area contributed by atoms with E-state index in [1.54, 1.807) is 28.4 Å². The molecule has 2 N–H and O–H groups in total. The summed E-state index contributed by atoms with van der Waals surface area (Å²) in [5.74, 6) is 3.46. The molecule has 0 radical (unpaired) electrons. The van der Waals surface area contributed by atoms with Crippen molar-refractivity contribution in [1.82, 2.24) is 20.4 Å². The third-order valence-corrected chi connectivity index (χ3v) is 11.6. The maximum Gasteiger partial charge on any atom is 0.244 e. The lowest BCUT2D eigenvalue weighted by molar-refractivity contribution is -0.141. The standard InChI is InChI=1S/C32H48N4O3S2/c37-30(33-27-15-17-35(18-16-27)19-24-9-3-1-4-10-24)28(21-40-20-25-11-5-2-6-12-25)34-31(38)29-22-41-23-36(29)32(39)26-13-7-8-14-26/h1,3-4,9-10,25-29H,2,5-8,11-23H2,(H,33,37)(H,34,38)/t28-,29?/m0/s1. The number of amides is 3. The molecule has 226 valence electrons. The normalized spacial score (nSPS) is 23.9. The average molecular weight is 601 g/mol. The Morgan fingerprint density at radius 2 is 1.63 bits per heavy atom. The van der Waals surface area contributed by atoms with Gasteiger partial charge < -0.3 is 15.5 Å². The topological polar surface area (TPSA) is 81.8 Å². The fraction of sp³-hybridized carbons (Fsp3) is 0.719. The number of piperidine rings is 1. The predicted molar refractivity (Wildman–Crippen MR) is 169 cm³/mol. The van der Waals surface area contributed by atoms with Crippen molar-refractivity contribution >= 4 is 41.2 Å². The first kappa shape index (κ1) is 30.7. The second-order valence-electron chi connectivity index (χ2n) is 12.5. The lowest BCUT2D eigenvalue weighted by Gasteiger charge is -2.33. The minimum absolute atomic E-state index is 0.0573. The summed E-state index contributed by atoms with van der Waals surface area (Å²) in [6.45, 7) is 2.84. The van der Waals surface area contributed by atoms with Gasteiger partial charge in [0.05, 0.1) is 5.88 Å². The number of likely N-dealkylation sites (tertiary alicyclic amines) is 1. The molecule has 0 bridgehead atoms. The van der Waals surface area contributed by atoms with Gasteiger partial charge in [0, 0.05) is 43.1 Å². The lowest BCUT2D eigenvalue weighted by atomic mass is 9.91. The van der Waals surface area contributed by atoms with Crippen LogP contribution in [0.15, 0.2) is 30.3 Å². The van der Waals surface area contributed by atoms with Crippen LogP contribution in [0.25, 0.3) is 0 Å². The Bertz CT molecular complexity index is 992. The fourth-order valence-electron chi connectivity index (χ4n) is 6.82. The Balaban J connectivity index is 1.15. The quantitative estimate of drug-likeness (QED) is 0.385. The number of thioether (sulfide) groups is 2. The van der Waals surface area contributed by atoms with Crippen LogP contribution in [0.2, 0.25) is 0 Å². The van der Waals surface area contributed by atoms with Crippen LogP contribution in [0.3, 0.4) is 0 Å². The molecule has 0 aromatic heterocycles. The number of rotatable bonds is 11. The molecule has 5 rings (SSSR count). The van der Waals surface area contributed by atoms with Gasteiger partial charge in [0.1, 0.15) is 12.1 Å². The highest BCUT2D eigenvalue weighted by Gasteiger charge is 2.39. The van der Waals surface area contributed by atoms with Gasteiger partial charge in [0.25, 0.3) is 0 Å². The molecule has 2 saturated heterocycles. The Hall–Kier alpha value is -1.71. The number of hydrogen-bond acceptors (Lipinski definition) is 6. The van der Waals surface area contributed by atoms with E-state index in [2.05, 4.69) is 39.8 Å². The fourth-order valence-corrected chi connectivity index (χ4v) is 9.26. The van der Waals surface area contributed by atoms with Crippen molar-refractivity contribution in [3.8, 4) is 0 Å². The Labute approximate surface area is 254 Å². The highest BCUT2D eigenvalue weighted by Crippen LogP contribution is 2.31. The smallest absolute Gasteiger partial charge is 0.244 e. The zero-order valence-electron chi connectivity index (χ0n) is 24.4. The largest absolute Gasteiger partial charge is 0.351 e. The molecule has 2 heterocycles. The van der Waals surface area contributed by atoms with Crippen LogP contribution >= 0.6 is 23.5 Å². The number of hydrogen-bond donors (Lipinski definition) is 2. The SMILES string of the molecule is O=C(N[C@@H](CSCC1CCCCC1)C(=O)NC1CCN(Cc2ccccc2)CC1)C1CSCN1C(=O)C1CCCC1. The number of nitrogens with zero attached hydrogens (tertiary/aromatic N) is 2. The Morgan fingerprint density at radius 1 is 0.927 bits per heavy atom. The summed E-state index contributed by atoms with van der Waals surface area (Å²) in [5, 5.41) is 6.40. The van der Waals surface area contributed by atoms with Crippen molar-refractivity contribution in [3.05, 3.63) is 35.9 Å². The number of carbonyl (C=O) groups is 3. The lowest BCUT2D eigenvalue weighted by Crippen LogP contribution is -2.57. The average Bonchev–Trinajstić information content (AvgIpc) is 3.72. The van der Waals surface area contributed by atoms with Gasteiger partial charge in [0.2, 0.25) is 17.7 Å². The molecule has 2 aliphatic carbocycles. The first-order chi connectivity index (χ1) is 20.1. The number of nitrogens with one attached hydrogen (secondary N) is 2. The molecule has 0 spiro atoms. The summed E-state index contributed by atoms with van der Waals surface area (Å²) in [7, 11) is 0. The van der Waals surface area contributed by atoms with Gasteiger partial charge in [0.15, 0.2) is 0 Å². The van der Waals surface area contributed by atoms with Crippen LogP contribution in [-0.2, 0) is 20.9 Å². The zero-order chi connectivity index (χ0) is 28.4. The van der Waals surface area contributed by atoms with Gasteiger partial charge in [-0.2, -0.15) is 11.8 Å². The highest BCUT2D eigenvalue weighted by molar-refractivity contribution is 7.99. The summed E-state index contributed by atoms with van der Waals surface area (Å²) < 4.78 is 0. The Morgan fingerprint density at radius 3 is 2.37 bits per heavy atom. The number of benzene rings is 1. The molecule has 41 heavy (non-hydrogen) atoms. The second-order valence-corrected chi connectivity index (χ2v) is 14.5. The van der Waals surface area contributed by atoms with Crippen LogP contribution < -0.4 is 10.6 Å². The third-order valence-electron chi connectivity index (χ3n) is 9.35. The van der Waals surface area contributed by atoms with Gasteiger partial charge in [-0.15, -0.1) is 11.8 Å². The third kappa shape index (κ3) is 8.90. The predicted octanol–water partition coefficient (Wildman–Crippen LogP) is 4.66. The van der Waals surface area contributed by atoms with E-state index in [0.717, 1.165) is 63.9 Å². The minimum atomic E-state index is -0.576. The second kappa shape index (κ2) is 15.7. The van der Waals surface area contributed by atoms with Crippen LogP contribution in [0.4, 0.5) is 0 Å². The van der Waals surface area contributed by atoms with E-state index >= 15 is 0 Å². The summed E-state index contributed by atoms with van der Waals surface area (Å²) in [6, 6.07) is 9.60. The summed E-state index contributed by atoms with van der Waals surface area (Å²) in [6.07, 6.45) is 12.4. The molecule has 1 aromatic carbocycles. The van der Waals surface area contributed by atoms with Gasteiger partial charge in [-0.25, -0.2) is 0 Å². The van der Waals surface area contributed by atoms with Crippen molar-refractivity contribution in [3.63, 3.8) is 0 Å². The van der Waals surface area contributed by atoms with E-state index in [0.29, 0.717) is 23.3 Å². The Kier molecular flexibility index (Phi) is 11.7. The van der Waals surface area contributed by atoms with E-state index in [9.17, 15) is 14.4 Å². The maximum absolute atomic E-state index is 13.6. The van der Waals surface area contributed by atoms with Crippen molar-refractivity contribution < 1.29 is 14.4 Å². The summed E-state index contributed by atoms with van der Waals surface area (Å²) in [5.41, 5.74) is 1.32.